The summed E-state index contributed by atoms with van der Waals surface area (Å²) in [5.74, 6) is -0.102. The zero-order valence-corrected chi connectivity index (χ0v) is 6.29. The van der Waals surface area contributed by atoms with Gasteiger partial charge in [-0.15, -0.1) is 6.58 Å². The van der Waals surface area contributed by atoms with Gasteiger partial charge in [0.25, 0.3) is 0 Å². The summed E-state index contributed by atoms with van der Waals surface area (Å²) in [4.78, 5) is 11.1. The quantitative estimate of drug-likeness (QED) is 0.545. The molecular formula is C10H10O. The fourth-order valence-electron chi connectivity index (χ4n) is 1.07. The van der Waals surface area contributed by atoms with E-state index in [0.29, 0.717) is 0 Å². The van der Waals surface area contributed by atoms with Crippen LogP contribution < -0.4 is 0 Å². The lowest BCUT2D eigenvalue weighted by atomic mass is 9.91. The predicted molar refractivity (Wildman–Crippen MR) is 46.1 cm³/mol. The van der Waals surface area contributed by atoms with Crippen molar-refractivity contribution in [3.8, 4) is 0 Å². The number of hydrogen-bond donors (Lipinski definition) is 0. The molecule has 0 fully saturated rings. The Balaban J connectivity index is 2.98. The molecule has 0 spiro atoms. The Morgan fingerprint density at radius 2 is 2.18 bits per heavy atom. The van der Waals surface area contributed by atoms with E-state index in [4.69, 9.17) is 0 Å². The molecule has 0 saturated carbocycles. The average Bonchev–Trinajstić information content (AvgIpc) is 2.04. The summed E-state index contributed by atoms with van der Waals surface area (Å²) >= 11 is 0. The molecule has 11 heavy (non-hydrogen) atoms. The van der Waals surface area contributed by atoms with Gasteiger partial charge in [0.2, 0.25) is 0 Å². The van der Waals surface area contributed by atoms with Crippen LogP contribution in [0.4, 0.5) is 0 Å². The lowest BCUT2D eigenvalue weighted by molar-refractivity contribution is -0.116. The highest BCUT2D eigenvalue weighted by Crippen LogP contribution is 2.18. The third-order valence-corrected chi connectivity index (χ3v) is 1.69. The van der Waals surface area contributed by atoms with Crippen molar-refractivity contribution in [1.82, 2.24) is 0 Å². The first kappa shape index (κ1) is 7.73. The van der Waals surface area contributed by atoms with Gasteiger partial charge in [-0.1, -0.05) is 30.9 Å². The van der Waals surface area contributed by atoms with Crippen molar-refractivity contribution >= 4 is 5.78 Å². The second-order valence-electron chi connectivity index (χ2n) is 2.35. The van der Waals surface area contributed by atoms with Gasteiger partial charge in [0, 0.05) is 0 Å². The van der Waals surface area contributed by atoms with E-state index in [9.17, 15) is 4.79 Å². The molecule has 56 valence electrons. The second-order valence-corrected chi connectivity index (χ2v) is 2.35. The standard InChI is InChI=1S/C10H10O/c1-3-8-6-5-7-10(11)9(8)4-2/h3-7,9H,1-2H2. The van der Waals surface area contributed by atoms with Gasteiger partial charge < -0.3 is 0 Å². The second kappa shape index (κ2) is 3.15. The summed E-state index contributed by atoms with van der Waals surface area (Å²) in [6.07, 6.45) is 8.49. The molecule has 0 heterocycles. The van der Waals surface area contributed by atoms with Crippen LogP contribution >= 0.6 is 0 Å². The van der Waals surface area contributed by atoms with Crippen LogP contribution in [0.3, 0.4) is 0 Å². The maximum Gasteiger partial charge on any atom is 0.166 e. The Morgan fingerprint density at radius 1 is 1.45 bits per heavy atom. The minimum Gasteiger partial charge on any atom is -0.294 e. The fraction of sp³-hybridized carbons (Fsp3) is 0.100. The lowest BCUT2D eigenvalue weighted by Gasteiger charge is -2.12. The van der Waals surface area contributed by atoms with Gasteiger partial charge in [-0.05, 0) is 11.6 Å². The summed E-state index contributed by atoms with van der Waals surface area (Å²) in [5.41, 5.74) is 0.924. The van der Waals surface area contributed by atoms with E-state index >= 15 is 0 Å². The van der Waals surface area contributed by atoms with Gasteiger partial charge in [-0.25, -0.2) is 0 Å². The van der Waals surface area contributed by atoms with Crippen molar-refractivity contribution in [3.05, 3.63) is 49.1 Å². The smallest absolute Gasteiger partial charge is 0.166 e. The molecule has 1 aliphatic rings. The van der Waals surface area contributed by atoms with Crippen LogP contribution in [0.15, 0.2) is 49.1 Å². The van der Waals surface area contributed by atoms with E-state index in [1.807, 2.05) is 6.08 Å². The van der Waals surface area contributed by atoms with E-state index < -0.39 is 0 Å². The zero-order chi connectivity index (χ0) is 8.27. The molecule has 1 heteroatoms. The van der Waals surface area contributed by atoms with Gasteiger partial charge in [-0.3, -0.25) is 4.79 Å². The van der Waals surface area contributed by atoms with Crippen LogP contribution in [0.1, 0.15) is 0 Å². The molecule has 1 aliphatic carbocycles. The molecule has 0 aromatic rings. The van der Waals surface area contributed by atoms with Crippen LogP contribution in [-0.4, -0.2) is 5.78 Å². The van der Waals surface area contributed by atoms with E-state index in [1.165, 1.54) is 0 Å². The molecular weight excluding hydrogens is 136 g/mol. The van der Waals surface area contributed by atoms with Crippen LogP contribution in [0.5, 0.6) is 0 Å². The Hall–Kier alpha value is -1.37. The molecule has 1 unspecified atom stereocenters. The normalized spacial score (nSPS) is 22.7. The number of rotatable bonds is 2. The number of carbonyl (C=O) groups excluding carboxylic acids is 1. The van der Waals surface area contributed by atoms with Crippen LogP contribution in [-0.2, 0) is 4.79 Å². The van der Waals surface area contributed by atoms with Crippen molar-refractivity contribution in [3.63, 3.8) is 0 Å². The Morgan fingerprint density at radius 3 is 2.64 bits per heavy atom. The van der Waals surface area contributed by atoms with Gasteiger partial charge in [0.1, 0.15) is 0 Å². The van der Waals surface area contributed by atoms with Crippen LogP contribution in [0, 0.1) is 5.92 Å². The molecule has 0 N–H and O–H groups in total. The summed E-state index contributed by atoms with van der Waals surface area (Å²) in [6, 6.07) is 0. The summed E-state index contributed by atoms with van der Waals surface area (Å²) < 4.78 is 0. The molecule has 0 amide bonds. The summed E-state index contributed by atoms with van der Waals surface area (Å²) in [7, 11) is 0. The highest BCUT2D eigenvalue weighted by atomic mass is 16.1. The molecule has 0 aromatic carbocycles. The maximum absolute atomic E-state index is 11.1. The van der Waals surface area contributed by atoms with Crippen molar-refractivity contribution in [2.45, 2.75) is 0 Å². The van der Waals surface area contributed by atoms with Crippen LogP contribution in [0.2, 0.25) is 0 Å². The Bertz CT molecular complexity index is 256. The van der Waals surface area contributed by atoms with Gasteiger partial charge in [-0.2, -0.15) is 0 Å². The molecule has 0 radical (unpaired) electrons. The van der Waals surface area contributed by atoms with Gasteiger partial charge >= 0.3 is 0 Å². The van der Waals surface area contributed by atoms with E-state index in [1.54, 1.807) is 24.3 Å². The predicted octanol–water partition coefficient (Wildman–Crippen LogP) is 2.04. The first-order chi connectivity index (χ1) is 5.29. The highest BCUT2D eigenvalue weighted by Gasteiger charge is 2.16. The van der Waals surface area contributed by atoms with Crippen LogP contribution in [0.25, 0.3) is 0 Å². The molecule has 1 atom stereocenters. The van der Waals surface area contributed by atoms with Gasteiger partial charge in [0.15, 0.2) is 5.78 Å². The minimum absolute atomic E-state index is 0.0809. The SMILES string of the molecule is C=CC1=CC=CC(=O)C1C=C. The lowest BCUT2D eigenvalue weighted by Crippen LogP contribution is -2.13. The molecule has 0 saturated heterocycles. The largest absolute Gasteiger partial charge is 0.294 e. The Labute approximate surface area is 66.4 Å². The van der Waals surface area contributed by atoms with Crippen molar-refractivity contribution in [2.75, 3.05) is 0 Å². The topological polar surface area (TPSA) is 17.1 Å². The number of carbonyl (C=O) groups is 1. The number of allylic oxidation sites excluding steroid dienone is 6. The molecule has 0 bridgehead atoms. The molecule has 0 aliphatic heterocycles. The third kappa shape index (κ3) is 1.37. The molecule has 1 nitrogen and oxygen atoms in total. The average molecular weight is 146 g/mol. The summed E-state index contributed by atoms with van der Waals surface area (Å²) in [5, 5.41) is 0. The van der Waals surface area contributed by atoms with E-state index in [2.05, 4.69) is 13.2 Å². The van der Waals surface area contributed by atoms with E-state index in [-0.39, 0.29) is 11.7 Å². The first-order valence-corrected chi connectivity index (χ1v) is 3.46. The molecule has 0 aromatic heterocycles. The zero-order valence-electron chi connectivity index (χ0n) is 6.29. The van der Waals surface area contributed by atoms with E-state index in [0.717, 1.165) is 5.57 Å². The number of hydrogen-bond acceptors (Lipinski definition) is 1. The highest BCUT2D eigenvalue weighted by molar-refractivity contribution is 5.97. The minimum atomic E-state index is -0.183. The maximum atomic E-state index is 11.1. The fourth-order valence-corrected chi connectivity index (χ4v) is 1.07. The van der Waals surface area contributed by atoms with Crippen molar-refractivity contribution in [1.29, 1.82) is 0 Å². The van der Waals surface area contributed by atoms with Gasteiger partial charge in [0.05, 0.1) is 5.92 Å². The summed E-state index contributed by atoms with van der Waals surface area (Å²) in [6.45, 7) is 7.20. The van der Waals surface area contributed by atoms with Crippen molar-refractivity contribution in [2.24, 2.45) is 5.92 Å². The Kier molecular flexibility index (Phi) is 2.21. The first-order valence-electron chi connectivity index (χ1n) is 3.46. The molecule has 1 rings (SSSR count). The monoisotopic (exact) mass is 146 g/mol. The van der Waals surface area contributed by atoms with Crippen molar-refractivity contribution < 1.29 is 4.79 Å². The third-order valence-electron chi connectivity index (χ3n) is 1.69. The number of ketones is 1.